The summed E-state index contributed by atoms with van der Waals surface area (Å²) in [5.41, 5.74) is 12.2. The van der Waals surface area contributed by atoms with Crippen molar-refractivity contribution in [2.75, 3.05) is 12.3 Å². The summed E-state index contributed by atoms with van der Waals surface area (Å²) in [7, 11) is 0. The molecule has 1 aromatic carbocycles. The first kappa shape index (κ1) is 14.8. The monoisotopic (exact) mass is 265 g/mol. The predicted octanol–water partition coefficient (Wildman–Crippen LogP) is 1.10. The van der Waals surface area contributed by atoms with Crippen molar-refractivity contribution >= 4 is 17.7 Å². The van der Waals surface area contributed by atoms with E-state index in [1.165, 1.54) is 4.90 Å². The number of nitrogens with two attached hydrogens (primary N) is 2. The van der Waals surface area contributed by atoms with Crippen LogP contribution in [0.2, 0.25) is 0 Å². The van der Waals surface area contributed by atoms with Gasteiger partial charge in [-0.1, -0.05) is 12.1 Å². The number of nitrogen functional groups attached to an aromatic ring is 1. The maximum Gasteiger partial charge on any atom is 0.410 e. The summed E-state index contributed by atoms with van der Waals surface area (Å²) in [6, 6.07) is 7.02. The van der Waals surface area contributed by atoms with Crippen molar-refractivity contribution in [3.8, 4) is 0 Å². The van der Waals surface area contributed by atoms with Gasteiger partial charge < -0.3 is 16.2 Å². The molecular formula is C13H19N3O3. The highest BCUT2D eigenvalue weighted by atomic mass is 16.6. The number of benzene rings is 1. The molecule has 19 heavy (non-hydrogen) atoms. The van der Waals surface area contributed by atoms with Gasteiger partial charge in [-0.3, -0.25) is 9.69 Å². The molecule has 0 saturated heterocycles. The summed E-state index contributed by atoms with van der Waals surface area (Å²) in [6.07, 6.45) is -0.820. The average Bonchev–Trinajstić information content (AvgIpc) is 2.29. The third-order valence-electron chi connectivity index (χ3n) is 2.29. The molecule has 0 radical (unpaired) electrons. The van der Waals surface area contributed by atoms with Crippen LogP contribution >= 0.6 is 0 Å². The lowest BCUT2D eigenvalue weighted by Gasteiger charge is -2.22. The summed E-state index contributed by atoms with van der Waals surface area (Å²) < 4.78 is 5.06. The molecule has 0 saturated carbocycles. The molecular weight excluding hydrogens is 246 g/mol. The van der Waals surface area contributed by atoms with Gasteiger partial charge in [0.05, 0.1) is 6.10 Å². The summed E-state index contributed by atoms with van der Waals surface area (Å²) in [5, 5.41) is 0. The van der Waals surface area contributed by atoms with Crippen LogP contribution in [0, 0.1) is 0 Å². The Morgan fingerprint density at radius 3 is 2.32 bits per heavy atom. The van der Waals surface area contributed by atoms with E-state index in [2.05, 4.69) is 0 Å². The van der Waals surface area contributed by atoms with E-state index < -0.39 is 12.0 Å². The molecule has 0 aliphatic carbocycles. The van der Waals surface area contributed by atoms with E-state index in [0.717, 1.165) is 5.56 Å². The second-order valence-corrected chi connectivity index (χ2v) is 4.50. The van der Waals surface area contributed by atoms with Gasteiger partial charge in [-0.25, -0.2) is 4.79 Å². The van der Waals surface area contributed by atoms with Crippen molar-refractivity contribution in [1.29, 1.82) is 0 Å². The largest absolute Gasteiger partial charge is 0.447 e. The molecule has 0 aliphatic rings. The summed E-state index contributed by atoms with van der Waals surface area (Å²) >= 11 is 0. The van der Waals surface area contributed by atoms with Crippen LogP contribution in [0.25, 0.3) is 0 Å². The van der Waals surface area contributed by atoms with Crippen LogP contribution in [0.5, 0.6) is 0 Å². The van der Waals surface area contributed by atoms with Crippen LogP contribution in [0.3, 0.4) is 0 Å². The highest BCUT2D eigenvalue weighted by Crippen LogP contribution is 2.10. The lowest BCUT2D eigenvalue weighted by molar-refractivity contribution is -0.119. The van der Waals surface area contributed by atoms with E-state index in [4.69, 9.17) is 16.2 Å². The lowest BCUT2D eigenvalue weighted by atomic mass is 10.2. The quantitative estimate of drug-likeness (QED) is 0.779. The van der Waals surface area contributed by atoms with Gasteiger partial charge in [-0.05, 0) is 31.5 Å². The zero-order valence-electron chi connectivity index (χ0n) is 11.1. The third kappa shape index (κ3) is 5.29. The number of rotatable bonds is 5. The Kier molecular flexibility index (Phi) is 5.17. The van der Waals surface area contributed by atoms with Gasteiger partial charge in [-0.2, -0.15) is 0 Å². The summed E-state index contributed by atoms with van der Waals surface area (Å²) in [4.78, 5) is 24.1. The number of hydrogen-bond donors (Lipinski definition) is 2. The Balaban J connectivity index is 2.76. The van der Waals surface area contributed by atoms with Crippen molar-refractivity contribution < 1.29 is 14.3 Å². The van der Waals surface area contributed by atoms with Gasteiger partial charge in [0.1, 0.15) is 6.54 Å². The fourth-order valence-electron chi connectivity index (χ4n) is 1.49. The van der Waals surface area contributed by atoms with E-state index in [1.807, 2.05) is 0 Å². The minimum atomic E-state index is -0.587. The Morgan fingerprint density at radius 1 is 1.26 bits per heavy atom. The maximum atomic E-state index is 11.8. The van der Waals surface area contributed by atoms with Crippen molar-refractivity contribution in [3.05, 3.63) is 29.8 Å². The number of hydrogen-bond acceptors (Lipinski definition) is 4. The molecule has 104 valence electrons. The molecule has 6 nitrogen and oxygen atoms in total. The topological polar surface area (TPSA) is 98.6 Å². The van der Waals surface area contributed by atoms with Crippen LogP contribution in [0.1, 0.15) is 19.4 Å². The lowest BCUT2D eigenvalue weighted by Crippen LogP contribution is -2.39. The number of ether oxygens (including phenoxy) is 1. The molecule has 0 aromatic heterocycles. The Labute approximate surface area is 112 Å². The Hall–Kier alpha value is -2.24. The van der Waals surface area contributed by atoms with Gasteiger partial charge in [0, 0.05) is 12.2 Å². The highest BCUT2D eigenvalue weighted by molar-refractivity contribution is 5.80. The number of anilines is 1. The number of nitrogens with zero attached hydrogens (tertiary/aromatic N) is 1. The fourth-order valence-corrected chi connectivity index (χ4v) is 1.49. The summed E-state index contributed by atoms with van der Waals surface area (Å²) in [5.74, 6) is -0.587. The molecule has 2 amide bonds. The van der Waals surface area contributed by atoms with E-state index in [1.54, 1.807) is 38.1 Å². The van der Waals surface area contributed by atoms with Crippen molar-refractivity contribution in [2.24, 2.45) is 5.73 Å². The zero-order valence-corrected chi connectivity index (χ0v) is 11.1. The van der Waals surface area contributed by atoms with Crippen molar-refractivity contribution in [2.45, 2.75) is 26.5 Å². The van der Waals surface area contributed by atoms with E-state index in [9.17, 15) is 9.59 Å². The SMILES string of the molecule is CC(C)OC(=O)N(CC(N)=O)Cc1ccc(N)cc1. The normalized spacial score (nSPS) is 10.3. The van der Waals surface area contributed by atoms with Gasteiger partial charge >= 0.3 is 6.09 Å². The molecule has 0 spiro atoms. The van der Waals surface area contributed by atoms with Crippen LogP contribution in [0.4, 0.5) is 10.5 Å². The van der Waals surface area contributed by atoms with Crippen LogP contribution in [0.15, 0.2) is 24.3 Å². The van der Waals surface area contributed by atoms with Gasteiger partial charge in [0.25, 0.3) is 0 Å². The minimum Gasteiger partial charge on any atom is -0.447 e. The molecule has 1 rings (SSSR count). The number of carbonyl (C=O) groups is 2. The van der Waals surface area contributed by atoms with Crippen molar-refractivity contribution in [1.82, 2.24) is 4.90 Å². The Bertz CT molecular complexity index is 443. The van der Waals surface area contributed by atoms with Crippen LogP contribution in [-0.2, 0) is 16.1 Å². The standard InChI is InChI=1S/C13H19N3O3/c1-9(2)19-13(18)16(8-12(15)17)7-10-3-5-11(14)6-4-10/h3-6,9H,7-8,14H2,1-2H3,(H2,15,17). The number of amides is 2. The average molecular weight is 265 g/mol. The van der Waals surface area contributed by atoms with Gasteiger partial charge in [0.2, 0.25) is 5.91 Å². The highest BCUT2D eigenvalue weighted by Gasteiger charge is 2.18. The molecule has 0 fully saturated rings. The predicted molar refractivity (Wildman–Crippen MR) is 72.1 cm³/mol. The number of carbonyl (C=O) groups excluding carboxylic acids is 2. The summed E-state index contributed by atoms with van der Waals surface area (Å²) in [6.45, 7) is 3.54. The first-order valence-corrected chi connectivity index (χ1v) is 5.96. The minimum absolute atomic E-state index is 0.185. The molecule has 4 N–H and O–H groups in total. The molecule has 0 unspecified atom stereocenters. The molecule has 0 heterocycles. The molecule has 0 bridgehead atoms. The van der Waals surface area contributed by atoms with Crippen molar-refractivity contribution in [3.63, 3.8) is 0 Å². The third-order valence-corrected chi connectivity index (χ3v) is 2.29. The van der Waals surface area contributed by atoms with Gasteiger partial charge in [0.15, 0.2) is 0 Å². The maximum absolute atomic E-state index is 11.8. The van der Waals surface area contributed by atoms with Crippen LogP contribution < -0.4 is 11.5 Å². The Morgan fingerprint density at radius 2 is 1.84 bits per heavy atom. The van der Waals surface area contributed by atoms with Crippen LogP contribution in [-0.4, -0.2) is 29.5 Å². The second-order valence-electron chi connectivity index (χ2n) is 4.50. The van der Waals surface area contributed by atoms with Gasteiger partial charge in [-0.15, -0.1) is 0 Å². The molecule has 0 aliphatic heterocycles. The smallest absolute Gasteiger partial charge is 0.410 e. The van der Waals surface area contributed by atoms with E-state index in [-0.39, 0.29) is 19.2 Å². The fraction of sp³-hybridized carbons (Fsp3) is 0.385. The first-order chi connectivity index (χ1) is 8.88. The van der Waals surface area contributed by atoms with E-state index >= 15 is 0 Å². The first-order valence-electron chi connectivity index (χ1n) is 5.96. The van der Waals surface area contributed by atoms with E-state index in [0.29, 0.717) is 5.69 Å². The molecule has 6 heteroatoms. The number of primary amides is 1. The zero-order chi connectivity index (χ0) is 14.4. The second kappa shape index (κ2) is 6.63. The molecule has 1 aromatic rings. The molecule has 0 atom stereocenters.